The molecule has 5 nitrogen and oxygen atoms in total. The van der Waals surface area contributed by atoms with Crippen molar-refractivity contribution in [1.82, 2.24) is 10.2 Å². The van der Waals surface area contributed by atoms with Crippen molar-refractivity contribution in [2.75, 3.05) is 0 Å². The molecule has 0 aliphatic heterocycles. The van der Waals surface area contributed by atoms with Crippen molar-refractivity contribution >= 4 is 29.0 Å². The minimum absolute atomic E-state index is 0.0151. The quantitative estimate of drug-likeness (QED) is 0.809. The molecule has 0 aliphatic carbocycles. The van der Waals surface area contributed by atoms with E-state index in [0.29, 0.717) is 22.4 Å². The molecule has 2 aromatic rings. The molecular formula is C12H10Cl2N2O3. The zero-order valence-corrected chi connectivity index (χ0v) is 11.7. The molecule has 0 unspecified atom stereocenters. The van der Waals surface area contributed by atoms with E-state index in [2.05, 4.69) is 10.2 Å². The number of ketones is 1. The van der Waals surface area contributed by atoms with Gasteiger partial charge >= 0.3 is 0 Å². The second kappa shape index (κ2) is 5.59. The maximum atomic E-state index is 11.5. The van der Waals surface area contributed by atoms with E-state index < -0.39 is 0 Å². The van der Waals surface area contributed by atoms with Crippen LogP contribution in [0.1, 0.15) is 29.1 Å². The third kappa shape index (κ3) is 3.05. The van der Waals surface area contributed by atoms with Crippen LogP contribution in [0.15, 0.2) is 16.5 Å². The Morgan fingerprint density at radius 2 is 2.11 bits per heavy atom. The smallest absolute Gasteiger partial charge is 0.253 e. The normalized spacial score (nSPS) is 10.5. The number of hydrogen-bond acceptors (Lipinski definition) is 5. The number of ether oxygens (including phenoxy) is 1. The average Bonchev–Trinajstić information content (AvgIpc) is 2.76. The molecule has 1 heterocycles. The van der Waals surface area contributed by atoms with E-state index in [0.717, 1.165) is 0 Å². The first-order chi connectivity index (χ1) is 8.99. The Morgan fingerprint density at radius 3 is 2.68 bits per heavy atom. The number of carbonyl (C=O) groups excluding carboxylic acids is 1. The van der Waals surface area contributed by atoms with Crippen LogP contribution in [0.5, 0.6) is 5.75 Å². The summed E-state index contributed by atoms with van der Waals surface area (Å²) in [5, 5.41) is 7.95. The van der Waals surface area contributed by atoms with Crippen LogP contribution in [-0.2, 0) is 6.61 Å². The summed E-state index contributed by atoms with van der Waals surface area (Å²) in [4.78, 5) is 11.5. The molecule has 0 fully saturated rings. The van der Waals surface area contributed by atoms with Gasteiger partial charge in [-0.15, -0.1) is 10.2 Å². The van der Waals surface area contributed by atoms with Crippen LogP contribution in [0.25, 0.3) is 0 Å². The highest BCUT2D eigenvalue weighted by Gasteiger charge is 2.16. The summed E-state index contributed by atoms with van der Waals surface area (Å²) in [7, 11) is 0. The van der Waals surface area contributed by atoms with Crippen LogP contribution in [-0.4, -0.2) is 16.0 Å². The van der Waals surface area contributed by atoms with E-state index >= 15 is 0 Å². The molecule has 0 radical (unpaired) electrons. The minimum Gasteiger partial charge on any atom is -0.481 e. The lowest BCUT2D eigenvalue weighted by Gasteiger charge is -2.11. The Morgan fingerprint density at radius 1 is 1.37 bits per heavy atom. The molecule has 0 spiro atoms. The lowest BCUT2D eigenvalue weighted by molar-refractivity contribution is 0.101. The lowest BCUT2D eigenvalue weighted by atomic mass is 10.1. The van der Waals surface area contributed by atoms with E-state index in [1.165, 1.54) is 6.92 Å². The summed E-state index contributed by atoms with van der Waals surface area (Å²) in [6.07, 6.45) is 0. The monoisotopic (exact) mass is 300 g/mol. The van der Waals surface area contributed by atoms with Gasteiger partial charge in [-0.2, -0.15) is 0 Å². The number of aryl methyl sites for hydroxylation is 1. The van der Waals surface area contributed by atoms with Crippen LogP contribution >= 0.6 is 23.2 Å². The average molecular weight is 301 g/mol. The van der Waals surface area contributed by atoms with Crippen LogP contribution < -0.4 is 4.74 Å². The molecule has 0 aliphatic rings. The maximum absolute atomic E-state index is 11.5. The predicted molar refractivity (Wildman–Crippen MR) is 69.8 cm³/mol. The van der Waals surface area contributed by atoms with E-state index in [-0.39, 0.29) is 23.2 Å². The van der Waals surface area contributed by atoms with Gasteiger partial charge in [0.25, 0.3) is 5.89 Å². The molecule has 0 N–H and O–H groups in total. The number of rotatable bonds is 4. The Kier molecular flexibility index (Phi) is 4.07. The highest BCUT2D eigenvalue weighted by atomic mass is 35.5. The largest absolute Gasteiger partial charge is 0.481 e. The van der Waals surface area contributed by atoms with Crippen molar-refractivity contribution in [2.24, 2.45) is 0 Å². The maximum Gasteiger partial charge on any atom is 0.253 e. The highest BCUT2D eigenvalue weighted by Crippen LogP contribution is 2.35. The topological polar surface area (TPSA) is 65.2 Å². The first kappa shape index (κ1) is 13.8. The Hall–Kier alpha value is -1.59. The van der Waals surface area contributed by atoms with E-state index in [4.69, 9.17) is 32.4 Å². The van der Waals surface area contributed by atoms with Gasteiger partial charge in [0.05, 0.1) is 10.6 Å². The molecule has 1 aromatic heterocycles. The van der Waals surface area contributed by atoms with Crippen LogP contribution in [0.3, 0.4) is 0 Å². The van der Waals surface area contributed by atoms with Crippen molar-refractivity contribution in [3.63, 3.8) is 0 Å². The first-order valence-corrected chi connectivity index (χ1v) is 6.15. The first-order valence-electron chi connectivity index (χ1n) is 5.39. The summed E-state index contributed by atoms with van der Waals surface area (Å²) < 4.78 is 10.6. The number of halogens is 2. The van der Waals surface area contributed by atoms with Crippen LogP contribution in [0.4, 0.5) is 0 Å². The standard InChI is InChI=1S/C12H10Cl2N2O3/c1-6(17)8-3-4-9(13)11(14)12(8)18-5-10-16-15-7(2)19-10/h3-4H,5H2,1-2H3. The molecule has 0 bridgehead atoms. The predicted octanol–water partition coefficient (Wildman–Crippen LogP) is 3.47. The Bertz CT molecular complexity index is 625. The molecule has 0 amide bonds. The number of benzene rings is 1. The third-order valence-electron chi connectivity index (χ3n) is 2.34. The summed E-state index contributed by atoms with van der Waals surface area (Å²) in [6, 6.07) is 3.11. The number of Topliss-reactive ketones (excluding diaryl/α,β-unsaturated/α-hetero) is 1. The lowest BCUT2D eigenvalue weighted by Crippen LogP contribution is -2.03. The van der Waals surface area contributed by atoms with Gasteiger partial charge in [0.2, 0.25) is 5.89 Å². The SMILES string of the molecule is CC(=O)c1ccc(Cl)c(Cl)c1OCc1nnc(C)o1. The highest BCUT2D eigenvalue weighted by molar-refractivity contribution is 6.43. The fourth-order valence-corrected chi connectivity index (χ4v) is 1.85. The van der Waals surface area contributed by atoms with Gasteiger partial charge in [0.15, 0.2) is 18.1 Å². The van der Waals surface area contributed by atoms with Gasteiger partial charge < -0.3 is 9.15 Å². The second-order valence-electron chi connectivity index (χ2n) is 3.80. The van der Waals surface area contributed by atoms with Gasteiger partial charge in [-0.25, -0.2) is 0 Å². The van der Waals surface area contributed by atoms with Crippen molar-refractivity contribution in [2.45, 2.75) is 20.5 Å². The number of nitrogens with zero attached hydrogens (tertiary/aromatic N) is 2. The fraction of sp³-hybridized carbons (Fsp3) is 0.250. The zero-order valence-electron chi connectivity index (χ0n) is 10.2. The summed E-state index contributed by atoms with van der Waals surface area (Å²) >= 11 is 11.9. The minimum atomic E-state index is -0.171. The summed E-state index contributed by atoms with van der Waals surface area (Å²) in [5.41, 5.74) is 0.352. The van der Waals surface area contributed by atoms with Gasteiger partial charge in [0, 0.05) is 6.92 Å². The molecule has 0 saturated carbocycles. The van der Waals surface area contributed by atoms with Gasteiger partial charge in [-0.3, -0.25) is 4.79 Å². The van der Waals surface area contributed by atoms with Crippen molar-refractivity contribution in [3.05, 3.63) is 39.5 Å². The number of hydrogen-bond donors (Lipinski definition) is 0. The molecule has 7 heteroatoms. The Labute approximate surface area is 119 Å². The zero-order chi connectivity index (χ0) is 14.0. The molecule has 1 aromatic carbocycles. The van der Waals surface area contributed by atoms with Crippen molar-refractivity contribution in [3.8, 4) is 5.75 Å². The van der Waals surface area contributed by atoms with E-state index in [9.17, 15) is 4.79 Å². The summed E-state index contributed by atoms with van der Waals surface area (Å²) in [6.45, 7) is 3.11. The third-order valence-corrected chi connectivity index (χ3v) is 3.12. The molecular weight excluding hydrogens is 291 g/mol. The van der Waals surface area contributed by atoms with Gasteiger partial charge in [-0.1, -0.05) is 23.2 Å². The van der Waals surface area contributed by atoms with Crippen LogP contribution in [0.2, 0.25) is 10.0 Å². The van der Waals surface area contributed by atoms with Gasteiger partial charge in [-0.05, 0) is 19.1 Å². The molecule has 100 valence electrons. The van der Waals surface area contributed by atoms with Crippen LogP contribution in [0, 0.1) is 6.92 Å². The van der Waals surface area contributed by atoms with Gasteiger partial charge in [0.1, 0.15) is 5.02 Å². The second-order valence-corrected chi connectivity index (χ2v) is 4.58. The molecule has 19 heavy (non-hydrogen) atoms. The van der Waals surface area contributed by atoms with Crippen molar-refractivity contribution < 1.29 is 13.9 Å². The Balaban J connectivity index is 2.28. The molecule has 2 rings (SSSR count). The van der Waals surface area contributed by atoms with Crippen molar-refractivity contribution in [1.29, 1.82) is 0 Å². The van der Waals surface area contributed by atoms with E-state index in [1.54, 1.807) is 19.1 Å². The summed E-state index contributed by atoms with van der Waals surface area (Å²) in [5.74, 6) is 0.776. The van der Waals surface area contributed by atoms with E-state index in [1.807, 2.05) is 0 Å². The molecule has 0 atom stereocenters. The fourth-order valence-electron chi connectivity index (χ4n) is 1.48. The number of carbonyl (C=O) groups is 1. The number of aromatic nitrogens is 2. The molecule has 0 saturated heterocycles.